The van der Waals surface area contributed by atoms with E-state index in [1.807, 2.05) is 12.1 Å². The normalized spacial score (nSPS) is 10.9. The Hall–Kier alpha value is -1.13. The zero-order valence-corrected chi connectivity index (χ0v) is 12.2. The van der Waals surface area contributed by atoms with E-state index in [1.54, 1.807) is 0 Å². The van der Waals surface area contributed by atoms with E-state index >= 15 is 0 Å². The molecule has 0 atom stereocenters. The Morgan fingerprint density at radius 3 is 2.72 bits per heavy atom. The van der Waals surface area contributed by atoms with Crippen LogP contribution in [0.2, 0.25) is 4.34 Å². The maximum absolute atomic E-state index is 5.92. The van der Waals surface area contributed by atoms with Gasteiger partial charge in [0.15, 0.2) is 0 Å². The molecule has 0 aliphatic heterocycles. The van der Waals surface area contributed by atoms with E-state index in [0.29, 0.717) is 22.6 Å². The minimum absolute atomic E-state index is 0.357. The van der Waals surface area contributed by atoms with Crippen LogP contribution in [0.4, 0.5) is 0 Å². The van der Waals surface area contributed by atoms with Gasteiger partial charge in [-0.3, -0.25) is 0 Å². The van der Waals surface area contributed by atoms with Crippen LogP contribution in [0, 0.1) is 6.92 Å². The Balaban J connectivity index is 2.07. The maximum atomic E-state index is 5.92. The number of benzene rings is 1. The molecule has 0 saturated heterocycles. The Bertz CT molecular complexity index is 540. The molecule has 0 bridgehead atoms. The fourth-order valence-electron chi connectivity index (χ4n) is 1.82. The second-order valence-corrected chi connectivity index (χ2v) is 5.81. The summed E-state index contributed by atoms with van der Waals surface area (Å²) in [5.74, 6) is 1.36. The second-order valence-electron chi connectivity index (χ2n) is 4.46. The standard InChI is InChI=1S/C13H15ClN2OS/c1-8(2)11-5-4-10(6-9(11)3)17-7-12-13(14)18-16-15-12/h4-6,8H,7H2,1-3H3. The highest BCUT2D eigenvalue weighted by atomic mass is 35.5. The van der Waals surface area contributed by atoms with Crippen LogP contribution in [0.3, 0.4) is 0 Å². The predicted molar refractivity (Wildman–Crippen MR) is 74.5 cm³/mol. The van der Waals surface area contributed by atoms with Gasteiger partial charge in [0, 0.05) is 11.5 Å². The summed E-state index contributed by atoms with van der Waals surface area (Å²) in [6, 6.07) is 6.13. The van der Waals surface area contributed by atoms with Gasteiger partial charge in [-0.25, -0.2) is 0 Å². The van der Waals surface area contributed by atoms with E-state index in [1.165, 1.54) is 22.7 Å². The summed E-state index contributed by atoms with van der Waals surface area (Å²) in [4.78, 5) is 0. The fraction of sp³-hybridized carbons (Fsp3) is 0.385. The average Bonchev–Trinajstić information content (AvgIpc) is 2.72. The van der Waals surface area contributed by atoms with Crippen molar-refractivity contribution >= 4 is 23.1 Å². The third-order valence-electron chi connectivity index (χ3n) is 2.75. The van der Waals surface area contributed by atoms with Gasteiger partial charge in [0.05, 0.1) is 0 Å². The van der Waals surface area contributed by atoms with Crippen LogP contribution in [0.5, 0.6) is 5.75 Å². The SMILES string of the molecule is Cc1cc(OCc2nnsc2Cl)ccc1C(C)C. The first-order chi connectivity index (χ1) is 8.58. The molecule has 0 unspecified atom stereocenters. The van der Waals surface area contributed by atoms with Gasteiger partial charge >= 0.3 is 0 Å². The van der Waals surface area contributed by atoms with Crippen molar-refractivity contribution in [2.24, 2.45) is 0 Å². The lowest BCUT2D eigenvalue weighted by Crippen LogP contribution is -1.98. The quantitative estimate of drug-likeness (QED) is 0.843. The first kappa shape index (κ1) is 13.3. The summed E-state index contributed by atoms with van der Waals surface area (Å²) in [5, 5.41) is 3.91. The first-order valence-electron chi connectivity index (χ1n) is 5.78. The molecule has 0 aliphatic carbocycles. The Morgan fingerprint density at radius 2 is 2.17 bits per heavy atom. The molecular weight excluding hydrogens is 268 g/mol. The molecule has 1 heterocycles. The van der Waals surface area contributed by atoms with Gasteiger partial charge in [0.25, 0.3) is 0 Å². The molecule has 0 saturated carbocycles. The zero-order chi connectivity index (χ0) is 13.1. The number of hydrogen-bond donors (Lipinski definition) is 0. The highest BCUT2D eigenvalue weighted by molar-refractivity contribution is 7.10. The molecule has 3 nitrogen and oxygen atoms in total. The van der Waals surface area contributed by atoms with Gasteiger partial charge in [-0.2, -0.15) is 0 Å². The van der Waals surface area contributed by atoms with Crippen molar-refractivity contribution in [1.82, 2.24) is 9.59 Å². The molecule has 18 heavy (non-hydrogen) atoms. The number of ether oxygens (including phenoxy) is 1. The van der Waals surface area contributed by atoms with Crippen LogP contribution in [0.15, 0.2) is 18.2 Å². The minimum Gasteiger partial charge on any atom is -0.487 e. The molecule has 5 heteroatoms. The molecule has 2 aromatic rings. The topological polar surface area (TPSA) is 35.0 Å². The molecule has 0 radical (unpaired) electrons. The van der Waals surface area contributed by atoms with Crippen LogP contribution in [-0.4, -0.2) is 9.59 Å². The van der Waals surface area contributed by atoms with E-state index in [2.05, 4.69) is 36.4 Å². The molecule has 1 aromatic carbocycles. The monoisotopic (exact) mass is 282 g/mol. The van der Waals surface area contributed by atoms with Gasteiger partial charge in [-0.05, 0) is 36.1 Å². The summed E-state index contributed by atoms with van der Waals surface area (Å²) in [6.45, 7) is 6.82. The van der Waals surface area contributed by atoms with Crippen molar-refractivity contribution < 1.29 is 4.74 Å². The number of hydrogen-bond acceptors (Lipinski definition) is 4. The van der Waals surface area contributed by atoms with Crippen LogP contribution in [-0.2, 0) is 6.61 Å². The lowest BCUT2D eigenvalue weighted by molar-refractivity contribution is 0.301. The van der Waals surface area contributed by atoms with Gasteiger partial charge in [-0.1, -0.05) is 36.0 Å². The summed E-state index contributed by atoms with van der Waals surface area (Å²) in [7, 11) is 0. The lowest BCUT2D eigenvalue weighted by atomic mass is 9.98. The predicted octanol–water partition coefficient (Wildman–Crippen LogP) is 4.20. The summed E-state index contributed by atoms with van der Waals surface area (Å²) in [6.07, 6.45) is 0. The Morgan fingerprint density at radius 1 is 1.39 bits per heavy atom. The van der Waals surface area contributed by atoms with Gasteiger partial charge < -0.3 is 4.74 Å². The summed E-state index contributed by atoms with van der Waals surface area (Å²) in [5.41, 5.74) is 3.27. The van der Waals surface area contributed by atoms with Gasteiger partial charge in [0.2, 0.25) is 0 Å². The smallest absolute Gasteiger partial charge is 0.141 e. The van der Waals surface area contributed by atoms with Crippen molar-refractivity contribution in [2.75, 3.05) is 0 Å². The number of aryl methyl sites for hydroxylation is 1. The molecule has 1 aromatic heterocycles. The van der Waals surface area contributed by atoms with E-state index < -0.39 is 0 Å². The third-order valence-corrected chi connectivity index (χ3v) is 3.73. The number of rotatable bonds is 4. The fourth-order valence-corrected chi connectivity index (χ4v) is 2.42. The molecular formula is C13H15ClN2OS. The number of halogens is 1. The summed E-state index contributed by atoms with van der Waals surface area (Å²) >= 11 is 7.09. The largest absolute Gasteiger partial charge is 0.487 e. The van der Waals surface area contributed by atoms with Crippen molar-refractivity contribution in [3.63, 3.8) is 0 Å². The lowest BCUT2D eigenvalue weighted by Gasteiger charge is -2.11. The zero-order valence-electron chi connectivity index (χ0n) is 10.6. The molecule has 0 spiro atoms. The molecule has 0 N–H and O–H groups in total. The molecule has 0 fully saturated rings. The van der Waals surface area contributed by atoms with E-state index in [-0.39, 0.29) is 0 Å². The van der Waals surface area contributed by atoms with Gasteiger partial charge in [0.1, 0.15) is 22.4 Å². The third kappa shape index (κ3) is 3.00. The van der Waals surface area contributed by atoms with E-state index in [9.17, 15) is 0 Å². The van der Waals surface area contributed by atoms with Crippen molar-refractivity contribution in [3.05, 3.63) is 39.4 Å². The Kier molecular flexibility index (Phi) is 4.19. The highest BCUT2D eigenvalue weighted by Gasteiger charge is 2.08. The highest BCUT2D eigenvalue weighted by Crippen LogP contribution is 2.25. The first-order valence-corrected chi connectivity index (χ1v) is 6.93. The van der Waals surface area contributed by atoms with Crippen molar-refractivity contribution in [2.45, 2.75) is 33.3 Å². The minimum atomic E-state index is 0.357. The molecule has 0 amide bonds. The van der Waals surface area contributed by atoms with Crippen LogP contribution in [0.25, 0.3) is 0 Å². The van der Waals surface area contributed by atoms with Crippen molar-refractivity contribution in [3.8, 4) is 5.75 Å². The Labute approximate surface area is 116 Å². The average molecular weight is 283 g/mol. The number of aromatic nitrogens is 2. The number of nitrogens with zero attached hydrogens (tertiary/aromatic N) is 2. The second kappa shape index (κ2) is 5.67. The van der Waals surface area contributed by atoms with Crippen molar-refractivity contribution in [1.29, 1.82) is 0 Å². The van der Waals surface area contributed by atoms with E-state index in [4.69, 9.17) is 16.3 Å². The molecule has 96 valence electrons. The maximum Gasteiger partial charge on any atom is 0.141 e. The van der Waals surface area contributed by atoms with Crippen LogP contribution >= 0.6 is 23.1 Å². The summed E-state index contributed by atoms with van der Waals surface area (Å²) < 4.78 is 10.0. The van der Waals surface area contributed by atoms with Crippen LogP contribution < -0.4 is 4.74 Å². The molecule has 0 aliphatic rings. The van der Waals surface area contributed by atoms with Gasteiger partial charge in [-0.15, -0.1) is 5.10 Å². The van der Waals surface area contributed by atoms with Crippen LogP contribution in [0.1, 0.15) is 36.6 Å². The van der Waals surface area contributed by atoms with E-state index in [0.717, 1.165) is 5.75 Å². The molecule has 2 rings (SSSR count).